The van der Waals surface area contributed by atoms with Crippen molar-refractivity contribution in [1.29, 1.82) is 0 Å². The minimum atomic E-state index is 0.790. The van der Waals surface area contributed by atoms with Crippen molar-refractivity contribution in [3.63, 3.8) is 0 Å². The maximum Gasteiger partial charge on any atom is 0.130 e. The molecule has 0 amide bonds. The normalized spacial score (nSPS) is 24.6. The predicted molar refractivity (Wildman–Crippen MR) is 74.1 cm³/mol. The van der Waals surface area contributed by atoms with E-state index in [0.717, 1.165) is 34.6 Å². The molecule has 2 atom stereocenters. The second-order valence-electron chi connectivity index (χ2n) is 5.03. The summed E-state index contributed by atoms with van der Waals surface area (Å²) in [6.45, 7) is 5.32. The fourth-order valence-electron chi connectivity index (χ4n) is 2.55. The zero-order valence-corrected chi connectivity index (χ0v) is 12.1. The maximum absolute atomic E-state index is 4.39. The van der Waals surface area contributed by atoms with Gasteiger partial charge in [0.05, 0.1) is 0 Å². The Morgan fingerprint density at radius 3 is 2.82 bits per heavy atom. The van der Waals surface area contributed by atoms with E-state index in [1.807, 2.05) is 13.0 Å². The number of rotatable bonds is 3. The molecule has 2 rings (SSSR count). The Bertz CT molecular complexity index is 361. The molecule has 0 radical (unpaired) electrons. The van der Waals surface area contributed by atoms with Crippen LogP contribution in [0.1, 0.15) is 38.4 Å². The molecule has 17 heavy (non-hydrogen) atoms. The molecule has 2 unspecified atom stereocenters. The first kappa shape index (κ1) is 12.8. The van der Waals surface area contributed by atoms with Crippen LogP contribution in [0.25, 0.3) is 0 Å². The fourth-order valence-corrected chi connectivity index (χ4v) is 3.03. The van der Waals surface area contributed by atoms with E-state index < -0.39 is 0 Å². The van der Waals surface area contributed by atoms with Crippen LogP contribution < -0.4 is 5.32 Å². The summed E-state index contributed by atoms with van der Waals surface area (Å²) >= 11 is 3.40. The lowest BCUT2D eigenvalue weighted by atomic mass is 9.80. The molecule has 4 heteroatoms. The molecule has 1 aromatic heterocycles. The molecule has 0 saturated heterocycles. The second-order valence-corrected chi connectivity index (χ2v) is 5.84. The van der Waals surface area contributed by atoms with Gasteiger partial charge < -0.3 is 5.32 Å². The molecular weight excluding hydrogens is 278 g/mol. The summed E-state index contributed by atoms with van der Waals surface area (Å²) in [7, 11) is 0. The van der Waals surface area contributed by atoms with Crippen molar-refractivity contribution < 1.29 is 0 Å². The molecule has 1 saturated carbocycles. The molecule has 1 fully saturated rings. The molecule has 1 aliphatic carbocycles. The summed E-state index contributed by atoms with van der Waals surface area (Å²) in [5.41, 5.74) is 0. The summed E-state index contributed by atoms with van der Waals surface area (Å²) in [6, 6.07) is 1.94. The highest BCUT2D eigenvalue weighted by atomic mass is 79.9. The van der Waals surface area contributed by atoms with Gasteiger partial charge in [0.2, 0.25) is 0 Å². The van der Waals surface area contributed by atoms with Gasteiger partial charge in [0.25, 0.3) is 0 Å². The summed E-state index contributed by atoms with van der Waals surface area (Å²) in [4.78, 5) is 8.60. The Morgan fingerprint density at radius 2 is 2.12 bits per heavy atom. The molecule has 0 bridgehead atoms. The SMILES string of the molecule is Cc1nc(Br)cc(NCC2CCCCC2C)n1. The van der Waals surface area contributed by atoms with Gasteiger partial charge in [0, 0.05) is 12.6 Å². The van der Waals surface area contributed by atoms with Gasteiger partial charge in [-0.15, -0.1) is 0 Å². The quantitative estimate of drug-likeness (QED) is 0.863. The van der Waals surface area contributed by atoms with Crippen LogP contribution in [0.4, 0.5) is 5.82 Å². The standard InChI is InChI=1S/C13H20BrN3/c1-9-5-3-4-6-11(9)8-15-13-7-12(14)16-10(2)17-13/h7,9,11H,3-6,8H2,1-2H3,(H,15,16,17). The van der Waals surface area contributed by atoms with Crippen LogP contribution in [0.3, 0.4) is 0 Å². The van der Waals surface area contributed by atoms with E-state index in [-0.39, 0.29) is 0 Å². The molecular formula is C13H20BrN3. The number of hydrogen-bond acceptors (Lipinski definition) is 3. The maximum atomic E-state index is 4.39. The molecule has 0 aromatic carbocycles. The van der Waals surface area contributed by atoms with Crippen LogP contribution in [-0.4, -0.2) is 16.5 Å². The van der Waals surface area contributed by atoms with Gasteiger partial charge in [-0.1, -0.05) is 26.2 Å². The number of halogens is 1. The van der Waals surface area contributed by atoms with Gasteiger partial charge in [-0.05, 0) is 41.1 Å². The summed E-state index contributed by atoms with van der Waals surface area (Å²) in [6.07, 6.45) is 5.50. The van der Waals surface area contributed by atoms with Crippen molar-refractivity contribution >= 4 is 21.7 Å². The first-order valence-corrected chi connectivity index (χ1v) is 7.19. The first-order valence-electron chi connectivity index (χ1n) is 6.40. The Balaban J connectivity index is 1.92. The number of hydrogen-bond donors (Lipinski definition) is 1. The molecule has 3 nitrogen and oxygen atoms in total. The topological polar surface area (TPSA) is 37.8 Å². The van der Waals surface area contributed by atoms with Crippen LogP contribution in [0.15, 0.2) is 10.7 Å². The molecule has 0 aliphatic heterocycles. The Kier molecular flexibility index (Phi) is 4.37. The largest absolute Gasteiger partial charge is 0.370 e. The highest BCUT2D eigenvalue weighted by molar-refractivity contribution is 9.10. The van der Waals surface area contributed by atoms with E-state index in [1.54, 1.807) is 0 Å². The van der Waals surface area contributed by atoms with E-state index in [9.17, 15) is 0 Å². The van der Waals surface area contributed by atoms with Crippen LogP contribution in [0.2, 0.25) is 0 Å². The first-order chi connectivity index (χ1) is 8.15. The van der Waals surface area contributed by atoms with E-state index in [1.165, 1.54) is 25.7 Å². The van der Waals surface area contributed by atoms with Gasteiger partial charge in [-0.2, -0.15) is 0 Å². The average Bonchev–Trinajstić information content (AvgIpc) is 2.27. The molecule has 1 heterocycles. The van der Waals surface area contributed by atoms with Crippen molar-refractivity contribution in [1.82, 2.24) is 9.97 Å². The third kappa shape index (κ3) is 3.66. The van der Waals surface area contributed by atoms with Crippen LogP contribution in [0, 0.1) is 18.8 Å². The van der Waals surface area contributed by atoms with Crippen molar-refractivity contribution in [3.05, 3.63) is 16.5 Å². The Labute approximate surface area is 112 Å². The average molecular weight is 298 g/mol. The van der Waals surface area contributed by atoms with Crippen molar-refractivity contribution in [2.45, 2.75) is 39.5 Å². The summed E-state index contributed by atoms with van der Waals surface area (Å²) < 4.78 is 0.851. The van der Waals surface area contributed by atoms with Crippen molar-refractivity contribution in [2.24, 2.45) is 11.8 Å². The van der Waals surface area contributed by atoms with Crippen molar-refractivity contribution in [2.75, 3.05) is 11.9 Å². The van der Waals surface area contributed by atoms with Crippen LogP contribution in [-0.2, 0) is 0 Å². The van der Waals surface area contributed by atoms with E-state index in [0.29, 0.717) is 0 Å². The smallest absolute Gasteiger partial charge is 0.130 e. The summed E-state index contributed by atoms with van der Waals surface area (Å²) in [5.74, 6) is 3.36. The lowest BCUT2D eigenvalue weighted by molar-refractivity contribution is 0.268. The number of nitrogens with one attached hydrogen (secondary N) is 1. The van der Waals surface area contributed by atoms with Gasteiger partial charge in [0.1, 0.15) is 16.2 Å². The van der Waals surface area contributed by atoms with Gasteiger partial charge in [-0.3, -0.25) is 0 Å². The minimum Gasteiger partial charge on any atom is -0.370 e. The minimum absolute atomic E-state index is 0.790. The Morgan fingerprint density at radius 1 is 1.35 bits per heavy atom. The zero-order valence-electron chi connectivity index (χ0n) is 10.5. The zero-order chi connectivity index (χ0) is 12.3. The monoisotopic (exact) mass is 297 g/mol. The lowest BCUT2D eigenvalue weighted by Crippen LogP contribution is -2.24. The highest BCUT2D eigenvalue weighted by Gasteiger charge is 2.20. The second kappa shape index (κ2) is 5.80. The summed E-state index contributed by atoms with van der Waals surface area (Å²) in [5, 5.41) is 3.45. The van der Waals surface area contributed by atoms with E-state index >= 15 is 0 Å². The fraction of sp³-hybridized carbons (Fsp3) is 0.692. The molecule has 94 valence electrons. The van der Waals surface area contributed by atoms with E-state index in [2.05, 4.69) is 38.1 Å². The third-order valence-corrected chi connectivity index (χ3v) is 4.05. The van der Waals surface area contributed by atoms with Gasteiger partial charge in [0.15, 0.2) is 0 Å². The van der Waals surface area contributed by atoms with Gasteiger partial charge >= 0.3 is 0 Å². The van der Waals surface area contributed by atoms with E-state index in [4.69, 9.17) is 0 Å². The predicted octanol–water partition coefficient (Wildman–Crippen LogP) is 3.79. The molecule has 0 spiro atoms. The highest BCUT2D eigenvalue weighted by Crippen LogP contribution is 2.29. The molecule has 1 aromatic rings. The van der Waals surface area contributed by atoms with Crippen molar-refractivity contribution in [3.8, 4) is 0 Å². The van der Waals surface area contributed by atoms with Crippen LogP contribution >= 0.6 is 15.9 Å². The lowest BCUT2D eigenvalue weighted by Gasteiger charge is -2.28. The van der Waals surface area contributed by atoms with Gasteiger partial charge in [-0.25, -0.2) is 9.97 Å². The van der Waals surface area contributed by atoms with Crippen LogP contribution in [0.5, 0.6) is 0 Å². The third-order valence-electron chi connectivity index (χ3n) is 3.64. The Hall–Kier alpha value is -0.640. The number of aryl methyl sites for hydroxylation is 1. The number of nitrogens with zero attached hydrogens (tertiary/aromatic N) is 2. The molecule has 1 aliphatic rings. The number of anilines is 1. The molecule has 1 N–H and O–H groups in total. The number of aromatic nitrogens is 2.